The second-order valence-electron chi connectivity index (χ2n) is 11.1. The molecule has 2 N–H and O–H groups in total. The van der Waals surface area contributed by atoms with Crippen LogP contribution in [0, 0.1) is 0 Å². The predicted octanol–water partition coefficient (Wildman–Crippen LogP) is 7.36. The van der Waals surface area contributed by atoms with E-state index in [2.05, 4.69) is 54.5 Å². The van der Waals surface area contributed by atoms with Crippen LogP contribution in [-0.2, 0) is 10.6 Å². The van der Waals surface area contributed by atoms with Crippen molar-refractivity contribution in [1.29, 1.82) is 0 Å². The van der Waals surface area contributed by atoms with Gasteiger partial charge >= 0.3 is 6.18 Å². The number of pyridine rings is 1. The van der Waals surface area contributed by atoms with Gasteiger partial charge in [-0.3, -0.25) is 4.79 Å². The van der Waals surface area contributed by atoms with Crippen LogP contribution in [0.15, 0.2) is 53.1 Å². The van der Waals surface area contributed by atoms with Crippen LogP contribution in [-0.4, -0.2) is 36.3 Å². The van der Waals surface area contributed by atoms with Gasteiger partial charge in [-0.05, 0) is 61.7 Å². The van der Waals surface area contributed by atoms with E-state index in [0.717, 1.165) is 19.3 Å². The Morgan fingerprint density at radius 2 is 1.79 bits per heavy atom. The number of anilines is 2. The highest BCUT2D eigenvalue weighted by atomic mass is 28.4. The maximum atomic E-state index is 13.6. The third kappa shape index (κ3) is 6.44. The number of aromatic nitrogens is 2. The lowest BCUT2D eigenvalue weighted by molar-refractivity contribution is -0.153. The van der Waals surface area contributed by atoms with E-state index < -0.39 is 31.9 Å². The molecule has 1 amide bonds. The smallest absolute Gasteiger partial charge is 0.431 e. The highest BCUT2D eigenvalue weighted by Crippen LogP contribution is 2.40. The largest absolute Gasteiger partial charge is 0.452 e. The number of nitrogens with one attached hydrogen (secondary N) is 2. The number of oxazole rings is 1. The van der Waals surface area contributed by atoms with Gasteiger partial charge < -0.3 is 19.5 Å². The second kappa shape index (κ2) is 10.5. The minimum Gasteiger partial charge on any atom is -0.431 e. The van der Waals surface area contributed by atoms with E-state index in [-0.39, 0.29) is 28.8 Å². The molecule has 1 aliphatic rings. The van der Waals surface area contributed by atoms with E-state index in [1.807, 2.05) is 0 Å². The topological polar surface area (TPSA) is 89.3 Å². The van der Waals surface area contributed by atoms with Crippen molar-refractivity contribution in [2.24, 2.45) is 0 Å². The van der Waals surface area contributed by atoms with Crippen LogP contribution in [0.1, 0.15) is 56.3 Å². The van der Waals surface area contributed by atoms with Gasteiger partial charge in [0.25, 0.3) is 5.91 Å². The lowest BCUT2D eigenvalue weighted by atomic mass is 10.2. The van der Waals surface area contributed by atoms with Crippen molar-refractivity contribution < 1.29 is 26.8 Å². The van der Waals surface area contributed by atoms with Gasteiger partial charge in [0.2, 0.25) is 11.7 Å². The Labute approximate surface area is 221 Å². The maximum absolute atomic E-state index is 13.6. The first-order chi connectivity index (χ1) is 17.7. The molecule has 0 spiro atoms. The van der Waals surface area contributed by atoms with Crippen LogP contribution < -0.4 is 10.6 Å². The first-order valence-corrected chi connectivity index (χ1v) is 15.5. The molecular weight excluding hydrogens is 513 g/mol. The highest BCUT2D eigenvalue weighted by molar-refractivity contribution is 6.74. The molecule has 1 fully saturated rings. The average Bonchev–Trinajstić information content (AvgIpc) is 3.47. The quantitative estimate of drug-likeness (QED) is 0.301. The monoisotopic (exact) mass is 546 g/mol. The Bertz CT molecular complexity index is 1260. The second-order valence-corrected chi connectivity index (χ2v) is 15.9. The molecule has 0 aliphatic heterocycles. The molecule has 2 atom stereocenters. The van der Waals surface area contributed by atoms with Gasteiger partial charge in [0.05, 0.1) is 11.9 Å². The zero-order valence-electron chi connectivity index (χ0n) is 22.1. The standard InChI is InChI=1S/C27H33F3N4O3Si/c1-26(2,3)38(4,5)37-20-13-11-18(15-20)32-21-14-12-19(16-31-21)33-24(35)22-23(27(28,29)30)36-25(34-22)17-9-7-6-8-10-17/h6-10,12,14,16,18,20H,11,13,15H2,1-5H3,(H,31,32)(H,33,35)/t18-,20+/m1/s1. The fraction of sp³-hybridized carbons (Fsp3) is 0.444. The summed E-state index contributed by atoms with van der Waals surface area (Å²) in [5.41, 5.74) is -0.265. The van der Waals surface area contributed by atoms with Crippen molar-refractivity contribution in [1.82, 2.24) is 9.97 Å². The third-order valence-corrected chi connectivity index (χ3v) is 11.7. The first-order valence-electron chi connectivity index (χ1n) is 12.6. The normalized spacial score (nSPS) is 18.4. The molecule has 2 aromatic heterocycles. The van der Waals surface area contributed by atoms with Gasteiger partial charge in [-0.2, -0.15) is 13.2 Å². The van der Waals surface area contributed by atoms with Crippen LogP contribution >= 0.6 is 0 Å². The summed E-state index contributed by atoms with van der Waals surface area (Å²) in [6, 6.07) is 11.6. The Balaban J connectivity index is 1.39. The van der Waals surface area contributed by atoms with Gasteiger partial charge in [-0.1, -0.05) is 39.0 Å². The van der Waals surface area contributed by atoms with Crippen molar-refractivity contribution in [3.63, 3.8) is 0 Å². The number of amides is 1. The molecule has 3 aromatic rings. The maximum Gasteiger partial charge on any atom is 0.452 e. The fourth-order valence-electron chi connectivity index (χ4n) is 4.09. The van der Waals surface area contributed by atoms with Gasteiger partial charge in [-0.25, -0.2) is 9.97 Å². The summed E-state index contributed by atoms with van der Waals surface area (Å²) >= 11 is 0. The summed E-state index contributed by atoms with van der Waals surface area (Å²) in [4.78, 5) is 20.9. The summed E-state index contributed by atoms with van der Waals surface area (Å²) in [6.07, 6.45) is -0.477. The molecule has 4 rings (SSSR count). The van der Waals surface area contributed by atoms with Crippen molar-refractivity contribution in [3.8, 4) is 11.5 Å². The van der Waals surface area contributed by atoms with Crippen LogP contribution in [0.5, 0.6) is 0 Å². The molecule has 204 valence electrons. The number of benzene rings is 1. The first kappa shape index (κ1) is 27.8. The number of hydrogen-bond acceptors (Lipinski definition) is 6. The van der Waals surface area contributed by atoms with Gasteiger partial charge in [-0.15, -0.1) is 0 Å². The number of carbonyl (C=O) groups excluding carboxylic acids is 1. The number of alkyl halides is 3. The minimum absolute atomic E-state index is 0.149. The van der Waals surface area contributed by atoms with Crippen molar-refractivity contribution in [3.05, 3.63) is 60.1 Å². The predicted molar refractivity (Wildman–Crippen MR) is 142 cm³/mol. The molecule has 7 nitrogen and oxygen atoms in total. The van der Waals surface area contributed by atoms with E-state index >= 15 is 0 Å². The Morgan fingerprint density at radius 3 is 2.39 bits per heavy atom. The lowest BCUT2D eigenvalue weighted by Crippen LogP contribution is -2.43. The van der Waals surface area contributed by atoms with Crippen LogP contribution in [0.2, 0.25) is 18.1 Å². The summed E-state index contributed by atoms with van der Waals surface area (Å²) in [5.74, 6) is -2.15. The highest BCUT2D eigenvalue weighted by Gasteiger charge is 2.42. The Hall–Kier alpha value is -3.18. The molecule has 0 unspecified atom stereocenters. The molecule has 2 heterocycles. The molecule has 0 bridgehead atoms. The Kier molecular flexibility index (Phi) is 7.71. The zero-order chi connectivity index (χ0) is 27.7. The number of rotatable bonds is 7. The van der Waals surface area contributed by atoms with Crippen LogP contribution in [0.4, 0.5) is 24.7 Å². The molecule has 1 saturated carbocycles. The molecule has 38 heavy (non-hydrogen) atoms. The fourth-order valence-corrected chi connectivity index (χ4v) is 5.50. The van der Waals surface area contributed by atoms with E-state index in [4.69, 9.17) is 8.84 Å². The molecule has 11 heteroatoms. The van der Waals surface area contributed by atoms with Gasteiger partial charge in [0.1, 0.15) is 5.82 Å². The number of carbonyl (C=O) groups is 1. The lowest BCUT2D eigenvalue weighted by Gasteiger charge is -2.38. The molecule has 1 aliphatic carbocycles. The summed E-state index contributed by atoms with van der Waals surface area (Å²) in [7, 11) is -1.84. The van der Waals surface area contributed by atoms with Crippen molar-refractivity contribution in [2.75, 3.05) is 10.6 Å². The van der Waals surface area contributed by atoms with Crippen LogP contribution in [0.3, 0.4) is 0 Å². The van der Waals surface area contributed by atoms with Gasteiger partial charge in [0.15, 0.2) is 14.0 Å². The van der Waals surface area contributed by atoms with Crippen LogP contribution in [0.25, 0.3) is 11.5 Å². The molecule has 0 saturated heterocycles. The summed E-state index contributed by atoms with van der Waals surface area (Å²) in [5, 5.41) is 5.98. The summed E-state index contributed by atoms with van der Waals surface area (Å²) < 4.78 is 52.2. The molecule has 0 radical (unpaired) electrons. The third-order valence-electron chi connectivity index (χ3n) is 7.15. The van der Waals surface area contributed by atoms with Crippen molar-refractivity contribution in [2.45, 2.75) is 76.5 Å². The van der Waals surface area contributed by atoms with E-state index in [0.29, 0.717) is 11.4 Å². The zero-order valence-corrected chi connectivity index (χ0v) is 23.1. The number of nitrogens with zero attached hydrogens (tertiary/aromatic N) is 2. The van der Waals surface area contributed by atoms with E-state index in [1.165, 1.54) is 6.20 Å². The molecule has 1 aromatic carbocycles. The average molecular weight is 547 g/mol. The summed E-state index contributed by atoms with van der Waals surface area (Å²) in [6.45, 7) is 11.2. The number of hydrogen-bond donors (Lipinski definition) is 2. The van der Waals surface area contributed by atoms with Crippen molar-refractivity contribution >= 4 is 25.7 Å². The molecular formula is C27H33F3N4O3Si. The number of halogens is 3. The van der Waals surface area contributed by atoms with E-state index in [1.54, 1.807) is 42.5 Å². The Morgan fingerprint density at radius 1 is 1.08 bits per heavy atom. The van der Waals surface area contributed by atoms with E-state index in [9.17, 15) is 18.0 Å². The SMILES string of the molecule is CC(C)(C)[Si](C)(C)O[C@H]1CC[C@@H](Nc2ccc(NC(=O)c3nc(-c4ccccc4)oc3C(F)(F)F)cn2)C1. The minimum atomic E-state index is -4.88. The van der Waals surface area contributed by atoms with Gasteiger partial charge in [0, 0.05) is 17.7 Å².